The Hall–Kier alpha value is -1.67. The highest BCUT2D eigenvalue weighted by atomic mass is 16.3. The monoisotopic (exact) mass is 206 g/mol. The summed E-state index contributed by atoms with van der Waals surface area (Å²) in [5.41, 5.74) is 0.300. The summed E-state index contributed by atoms with van der Waals surface area (Å²) in [6.45, 7) is 2.87. The van der Waals surface area contributed by atoms with Crippen LogP contribution in [0.25, 0.3) is 0 Å². The Morgan fingerprint density at radius 2 is 2.27 bits per heavy atom. The molecule has 0 amide bonds. The molecule has 0 spiro atoms. The topological polar surface area (TPSA) is 81.8 Å². The lowest BCUT2D eigenvalue weighted by Crippen LogP contribution is -2.14. The molecule has 0 fully saturated rings. The van der Waals surface area contributed by atoms with Crippen LogP contribution in [0.15, 0.2) is 12.4 Å². The van der Waals surface area contributed by atoms with Gasteiger partial charge in [0.1, 0.15) is 6.07 Å². The fourth-order valence-electron chi connectivity index (χ4n) is 1.14. The molecule has 1 aromatic rings. The zero-order valence-corrected chi connectivity index (χ0v) is 8.64. The van der Waals surface area contributed by atoms with Crippen LogP contribution in [0.5, 0.6) is 0 Å². The normalized spacial score (nSPS) is 11.8. The van der Waals surface area contributed by atoms with E-state index in [0.29, 0.717) is 24.0 Å². The molecule has 5 nitrogen and oxygen atoms in total. The zero-order valence-electron chi connectivity index (χ0n) is 8.64. The molecule has 0 bridgehead atoms. The average Bonchev–Trinajstić information content (AvgIpc) is 2.27. The van der Waals surface area contributed by atoms with Gasteiger partial charge in [-0.1, -0.05) is 6.92 Å². The second kappa shape index (κ2) is 5.94. The first-order valence-electron chi connectivity index (χ1n) is 4.83. The summed E-state index contributed by atoms with van der Waals surface area (Å²) in [7, 11) is 0. The lowest BCUT2D eigenvalue weighted by atomic mass is 10.1. The van der Waals surface area contributed by atoms with Crippen molar-refractivity contribution in [2.45, 2.75) is 13.3 Å². The lowest BCUT2D eigenvalue weighted by Gasteiger charge is -2.11. The molecule has 0 aliphatic heterocycles. The summed E-state index contributed by atoms with van der Waals surface area (Å²) in [5.74, 6) is 0.841. The fraction of sp³-hybridized carbons (Fsp3) is 0.500. The number of nitriles is 1. The molecule has 1 rings (SSSR count). The Bertz CT molecular complexity index is 348. The Labute approximate surface area is 88.8 Å². The Balaban J connectivity index is 2.54. The van der Waals surface area contributed by atoms with Gasteiger partial charge in [0, 0.05) is 25.5 Å². The van der Waals surface area contributed by atoms with Crippen LogP contribution in [0, 0.1) is 17.2 Å². The van der Waals surface area contributed by atoms with Crippen LogP contribution in [-0.4, -0.2) is 28.2 Å². The van der Waals surface area contributed by atoms with E-state index in [4.69, 9.17) is 10.4 Å². The summed E-state index contributed by atoms with van der Waals surface area (Å²) in [6, 6.07) is 1.97. The van der Waals surface area contributed by atoms with Crippen LogP contribution >= 0.6 is 0 Å². The summed E-state index contributed by atoms with van der Waals surface area (Å²) >= 11 is 0. The third kappa shape index (κ3) is 3.52. The van der Waals surface area contributed by atoms with Gasteiger partial charge in [0.2, 0.25) is 0 Å². The van der Waals surface area contributed by atoms with Crippen molar-refractivity contribution < 1.29 is 5.11 Å². The molecular formula is C10H14N4O. The van der Waals surface area contributed by atoms with Crippen molar-refractivity contribution in [3.05, 3.63) is 18.1 Å². The first-order chi connectivity index (χ1) is 7.27. The van der Waals surface area contributed by atoms with Crippen molar-refractivity contribution >= 4 is 5.82 Å². The molecule has 0 aromatic carbocycles. The van der Waals surface area contributed by atoms with E-state index in [9.17, 15) is 0 Å². The molecule has 1 aromatic heterocycles. The van der Waals surface area contributed by atoms with Crippen LogP contribution in [-0.2, 0) is 0 Å². The molecule has 5 heteroatoms. The van der Waals surface area contributed by atoms with Gasteiger partial charge in [0.05, 0.1) is 0 Å². The second-order valence-electron chi connectivity index (χ2n) is 3.36. The van der Waals surface area contributed by atoms with Crippen molar-refractivity contribution in [3.63, 3.8) is 0 Å². The smallest absolute Gasteiger partial charge is 0.182 e. The van der Waals surface area contributed by atoms with E-state index >= 15 is 0 Å². The zero-order chi connectivity index (χ0) is 11.1. The van der Waals surface area contributed by atoms with Crippen molar-refractivity contribution in [3.8, 4) is 6.07 Å². The quantitative estimate of drug-likeness (QED) is 0.744. The van der Waals surface area contributed by atoms with E-state index in [-0.39, 0.29) is 6.61 Å². The van der Waals surface area contributed by atoms with Crippen molar-refractivity contribution in [2.75, 3.05) is 18.5 Å². The van der Waals surface area contributed by atoms with Gasteiger partial charge >= 0.3 is 0 Å². The first-order valence-corrected chi connectivity index (χ1v) is 4.83. The fourth-order valence-corrected chi connectivity index (χ4v) is 1.14. The van der Waals surface area contributed by atoms with Crippen LogP contribution < -0.4 is 5.32 Å². The number of anilines is 1. The van der Waals surface area contributed by atoms with Gasteiger partial charge in [0.25, 0.3) is 0 Å². The van der Waals surface area contributed by atoms with Gasteiger partial charge in [-0.05, 0) is 12.3 Å². The van der Waals surface area contributed by atoms with E-state index in [1.807, 2.05) is 13.0 Å². The maximum atomic E-state index is 8.75. The second-order valence-corrected chi connectivity index (χ2v) is 3.36. The van der Waals surface area contributed by atoms with Gasteiger partial charge in [-0.2, -0.15) is 5.26 Å². The predicted molar refractivity (Wildman–Crippen MR) is 56.1 cm³/mol. The van der Waals surface area contributed by atoms with Gasteiger partial charge in [-0.3, -0.25) is 0 Å². The number of nitrogens with zero attached hydrogens (tertiary/aromatic N) is 3. The van der Waals surface area contributed by atoms with Gasteiger partial charge < -0.3 is 10.4 Å². The average molecular weight is 206 g/mol. The van der Waals surface area contributed by atoms with Crippen molar-refractivity contribution in [1.82, 2.24) is 9.97 Å². The molecule has 80 valence electrons. The third-order valence-electron chi connectivity index (χ3n) is 2.04. The van der Waals surface area contributed by atoms with Gasteiger partial charge in [-0.15, -0.1) is 0 Å². The number of hydrogen-bond donors (Lipinski definition) is 2. The molecule has 0 radical (unpaired) electrons. The number of rotatable bonds is 5. The Morgan fingerprint density at radius 3 is 2.93 bits per heavy atom. The summed E-state index contributed by atoms with van der Waals surface area (Å²) < 4.78 is 0. The lowest BCUT2D eigenvalue weighted by molar-refractivity contribution is 0.266. The van der Waals surface area contributed by atoms with Crippen molar-refractivity contribution in [2.24, 2.45) is 5.92 Å². The number of hydrogen-bond acceptors (Lipinski definition) is 5. The number of nitrogens with one attached hydrogen (secondary N) is 1. The summed E-state index contributed by atoms with van der Waals surface area (Å²) in [4.78, 5) is 7.91. The van der Waals surface area contributed by atoms with Gasteiger partial charge in [-0.25, -0.2) is 9.97 Å². The molecule has 1 heterocycles. The summed E-state index contributed by atoms with van der Waals surface area (Å²) in [6.07, 6.45) is 3.76. The molecule has 0 saturated heterocycles. The minimum Gasteiger partial charge on any atom is -0.396 e. The van der Waals surface area contributed by atoms with E-state index in [1.54, 1.807) is 6.20 Å². The Morgan fingerprint density at radius 1 is 1.53 bits per heavy atom. The minimum atomic E-state index is 0.175. The first kappa shape index (κ1) is 11.4. The highest BCUT2D eigenvalue weighted by molar-refractivity contribution is 5.46. The van der Waals surface area contributed by atoms with Gasteiger partial charge in [0.15, 0.2) is 11.5 Å². The molecular weight excluding hydrogens is 192 g/mol. The molecule has 1 unspecified atom stereocenters. The van der Waals surface area contributed by atoms with E-state index in [2.05, 4.69) is 15.3 Å². The molecule has 0 saturated carbocycles. The Kier molecular flexibility index (Phi) is 4.51. The third-order valence-corrected chi connectivity index (χ3v) is 2.04. The SMILES string of the molecule is CC(CCO)CNc1nccnc1C#N. The molecule has 0 aliphatic rings. The highest BCUT2D eigenvalue weighted by Crippen LogP contribution is 2.08. The number of aliphatic hydroxyl groups excluding tert-OH is 1. The van der Waals surface area contributed by atoms with E-state index in [1.165, 1.54) is 6.20 Å². The molecule has 15 heavy (non-hydrogen) atoms. The van der Waals surface area contributed by atoms with E-state index < -0.39 is 0 Å². The molecule has 0 aliphatic carbocycles. The maximum absolute atomic E-state index is 8.75. The van der Waals surface area contributed by atoms with E-state index in [0.717, 1.165) is 6.42 Å². The van der Waals surface area contributed by atoms with Crippen molar-refractivity contribution in [1.29, 1.82) is 5.26 Å². The van der Waals surface area contributed by atoms with Crippen LogP contribution in [0.4, 0.5) is 5.82 Å². The molecule has 1 atom stereocenters. The minimum absolute atomic E-state index is 0.175. The standard InChI is InChI=1S/C10H14N4O/c1-8(2-5-15)7-14-10-9(6-11)12-3-4-13-10/h3-4,8,15H,2,5,7H2,1H3,(H,13,14). The highest BCUT2D eigenvalue weighted by Gasteiger charge is 2.05. The summed E-state index contributed by atoms with van der Waals surface area (Å²) in [5, 5.41) is 20.5. The number of aliphatic hydroxyl groups is 1. The van der Waals surface area contributed by atoms with Crippen LogP contribution in [0.1, 0.15) is 19.0 Å². The van der Waals surface area contributed by atoms with Crippen LogP contribution in [0.3, 0.4) is 0 Å². The number of aromatic nitrogens is 2. The molecule has 2 N–H and O–H groups in total. The largest absolute Gasteiger partial charge is 0.396 e. The maximum Gasteiger partial charge on any atom is 0.182 e. The predicted octanol–water partition coefficient (Wildman–Crippen LogP) is 0.779. The van der Waals surface area contributed by atoms with Crippen LogP contribution in [0.2, 0.25) is 0 Å².